The molecule has 0 aromatic heterocycles. The molecule has 1 aromatic rings. The van der Waals surface area contributed by atoms with E-state index in [1.165, 1.54) is 51.2 Å². The van der Waals surface area contributed by atoms with Crippen LogP contribution >= 0.6 is 0 Å². The number of rotatable bonds is 15. The van der Waals surface area contributed by atoms with E-state index in [1.54, 1.807) is 12.1 Å². The molecule has 1 unspecified atom stereocenters. The topological polar surface area (TPSA) is 110 Å². The Morgan fingerprint density at radius 2 is 1.32 bits per heavy atom. The summed E-state index contributed by atoms with van der Waals surface area (Å²) in [5.74, 6) is -1.36. The number of hydrogen-bond acceptors (Lipinski definition) is 7. The standard InChI is InChI=1S/C22H34O7S.K/c1-3-4-5-6-7-8-9-12-16-28-21(23)19-13-10-11-14-20(19)22(24)29-17-15-18(2)30(25,26)27;/h10-11,13-14,18H,3-9,12,15-17H2,1-2H3,(H,25,26,27);/q;+1/p-1. The molecule has 1 atom stereocenters. The maximum Gasteiger partial charge on any atom is 1.00 e. The summed E-state index contributed by atoms with van der Waals surface area (Å²) < 4.78 is 43.0. The third-order valence-electron chi connectivity index (χ3n) is 4.85. The first kappa shape index (κ1) is 30.7. The molecule has 0 heterocycles. The first-order chi connectivity index (χ1) is 14.3. The van der Waals surface area contributed by atoms with Gasteiger partial charge >= 0.3 is 63.3 Å². The number of ether oxygens (including phenoxy) is 2. The first-order valence-corrected chi connectivity index (χ1v) is 12.1. The fourth-order valence-electron chi connectivity index (χ4n) is 2.86. The van der Waals surface area contributed by atoms with Crippen LogP contribution in [0.25, 0.3) is 0 Å². The fourth-order valence-corrected chi connectivity index (χ4v) is 3.24. The molecule has 31 heavy (non-hydrogen) atoms. The largest absolute Gasteiger partial charge is 1.00 e. The van der Waals surface area contributed by atoms with Crippen molar-refractivity contribution in [2.24, 2.45) is 0 Å². The molecule has 1 rings (SSSR count). The third-order valence-corrected chi connectivity index (χ3v) is 6.07. The van der Waals surface area contributed by atoms with Crippen molar-refractivity contribution in [2.45, 2.75) is 76.9 Å². The minimum absolute atomic E-state index is 0. The molecule has 0 bridgehead atoms. The quantitative estimate of drug-likeness (QED) is 0.162. The molecule has 0 saturated heterocycles. The maximum absolute atomic E-state index is 12.3. The fraction of sp³-hybridized carbons (Fsp3) is 0.636. The third kappa shape index (κ3) is 13.1. The summed E-state index contributed by atoms with van der Waals surface area (Å²) in [5.41, 5.74) is 0.155. The first-order valence-electron chi connectivity index (χ1n) is 10.6. The summed E-state index contributed by atoms with van der Waals surface area (Å²) in [6.07, 6.45) is 8.96. The number of benzene rings is 1. The van der Waals surface area contributed by atoms with Gasteiger partial charge in [0.2, 0.25) is 0 Å². The van der Waals surface area contributed by atoms with E-state index in [0.717, 1.165) is 19.3 Å². The molecule has 1 aromatic carbocycles. The van der Waals surface area contributed by atoms with Crippen molar-refractivity contribution < 1.29 is 83.4 Å². The van der Waals surface area contributed by atoms with Gasteiger partial charge in [-0.05, 0) is 31.9 Å². The minimum Gasteiger partial charge on any atom is -0.748 e. The zero-order chi connectivity index (χ0) is 22.4. The Balaban J connectivity index is 0.00000900. The molecule has 0 spiro atoms. The van der Waals surface area contributed by atoms with Gasteiger partial charge in [0, 0.05) is 5.25 Å². The number of hydrogen-bond donors (Lipinski definition) is 0. The van der Waals surface area contributed by atoms with Crippen molar-refractivity contribution in [2.75, 3.05) is 13.2 Å². The van der Waals surface area contributed by atoms with Gasteiger partial charge in [-0.3, -0.25) is 0 Å². The Morgan fingerprint density at radius 3 is 1.81 bits per heavy atom. The Labute approximate surface area is 228 Å². The van der Waals surface area contributed by atoms with Gasteiger partial charge in [-0.2, -0.15) is 0 Å². The van der Waals surface area contributed by atoms with Gasteiger partial charge in [-0.15, -0.1) is 0 Å². The molecule has 0 aliphatic heterocycles. The predicted molar refractivity (Wildman–Crippen MR) is 113 cm³/mol. The number of unbranched alkanes of at least 4 members (excludes halogenated alkanes) is 7. The van der Waals surface area contributed by atoms with Crippen LogP contribution in [-0.4, -0.2) is 43.4 Å². The Bertz CT molecular complexity index is 765. The molecule has 0 saturated carbocycles. The van der Waals surface area contributed by atoms with Gasteiger partial charge in [0.1, 0.15) is 0 Å². The van der Waals surface area contributed by atoms with E-state index in [-0.39, 0.29) is 82.1 Å². The molecular weight excluding hydrogens is 447 g/mol. The van der Waals surface area contributed by atoms with E-state index >= 15 is 0 Å². The Kier molecular flexibility index (Phi) is 17.1. The van der Waals surface area contributed by atoms with Crippen LogP contribution < -0.4 is 51.4 Å². The Morgan fingerprint density at radius 1 is 0.871 bits per heavy atom. The van der Waals surface area contributed by atoms with E-state index in [2.05, 4.69) is 6.92 Å². The van der Waals surface area contributed by atoms with Crippen molar-refractivity contribution in [3.05, 3.63) is 35.4 Å². The predicted octanol–water partition coefficient (Wildman–Crippen LogP) is 1.47. The van der Waals surface area contributed by atoms with Crippen LogP contribution in [0.5, 0.6) is 0 Å². The zero-order valence-corrected chi connectivity index (χ0v) is 22.9. The summed E-state index contributed by atoms with van der Waals surface area (Å²) in [4.78, 5) is 24.6. The van der Waals surface area contributed by atoms with E-state index in [1.807, 2.05) is 0 Å². The summed E-state index contributed by atoms with van der Waals surface area (Å²) >= 11 is 0. The molecule has 0 fully saturated rings. The van der Waals surface area contributed by atoms with Crippen LogP contribution in [0.15, 0.2) is 24.3 Å². The molecule has 0 aliphatic carbocycles. The molecular formula is C22H33KO7S. The van der Waals surface area contributed by atoms with Crippen molar-refractivity contribution in [3.63, 3.8) is 0 Å². The van der Waals surface area contributed by atoms with Crippen LogP contribution in [0.3, 0.4) is 0 Å². The zero-order valence-electron chi connectivity index (χ0n) is 18.9. The van der Waals surface area contributed by atoms with E-state index in [4.69, 9.17) is 9.47 Å². The second kappa shape index (κ2) is 17.2. The van der Waals surface area contributed by atoms with Crippen molar-refractivity contribution in [1.29, 1.82) is 0 Å². The van der Waals surface area contributed by atoms with Crippen LogP contribution in [0.2, 0.25) is 0 Å². The van der Waals surface area contributed by atoms with Crippen LogP contribution in [0.1, 0.15) is 92.4 Å². The number of carbonyl (C=O) groups is 2. The monoisotopic (exact) mass is 480 g/mol. The minimum atomic E-state index is -4.43. The van der Waals surface area contributed by atoms with Crippen LogP contribution in [0.4, 0.5) is 0 Å². The van der Waals surface area contributed by atoms with E-state index < -0.39 is 27.3 Å². The van der Waals surface area contributed by atoms with E-state index in [0.29, 0.717) is 0 Å². The van der Waals surface area contributed by atoms with Crippen molar-refractivity contribution in [3.8, 4) is 0 Å². The van der Waals surface area contributed by atoms with Gasteiger partial charge in [-0.25, -0.2) is 18.0 Å². The van der Waals surface area contributed by atoms with Crippen LogP contribution in [-0.2, 0) is 19.6 Å². The summed E-state index contributed by atoms with van der Waals surface area (Å²) in [5, 5.41) is -1.16. The summed E-state index contributed by atoms with van der Waals surface area (Å²) in [6, 6.07) is 6.15. The van der Waals surface area contributed by atoms with Crippen molar-refractivity contribution in [1.82, 2.24) is 0 Å². The molecule has 0 aliphatic rings. The Hall–Kier alpha value is -0.294. The van der Waals surface area contributed by atoms with Gasteiger partial charge in [0.05, 0.1) is 34.5 Å². The average Bonchev–Trinajstić information content (AvgIpc) is 2.71. The second-order valence-electron chi connectivity index (χ2n) is 7.38. The van der Waals surface area contributed by atoms with Crippen molar-refractivity contribution >= 4 is 22.1 Å². The molecule has 7 nitrogen and oxygen atoms in total. The molecule has 0 amide bonds. The van der Waals surface area contributed by atoms with E-state index in [9.17, 15) is 22.6 Å². The SMILES string of the molecule is CCCCCCCCCCOC(=O)c1ccccc1C(=O)OCCC(C)S(=O)(=O)[O-].[K+]. The smallest absolute Gasteiger partial charge is 0.748 e. The van der Waals surface area contributed by atoms with Gasteiger partial charge in [-0.1, -0.05) is 64.0 Å². The maximum atomic E-state index is 12.3. The summed E-state index contributed by atoms with van der Waals surface area (Å²) in [6.45, 7) is 3.50. The second-order valence-corrected chi connectivity index (χ2v) is 9.17. The van der Waals surface area contributed by atoms with Gasteiger partial charge < -0.3 is 14.0 Å². The number of carbonyl (C=O) groups excluding carboxylic acids is 2. The van der Waals surface area contributed by atoms with Gasteiger partial charge in [0.15, 0.2) is 0 Å². The average molecular weight is 481 g/mol. The molecule has 0 N–H and O–H groups in total. The summed E-state index contributed by atoms with van der Waals surface area (Å²) in [7, 11) is -4.43. The van der Waals surface area contributed by atoms with Gasteiger partial charge in [0.25, 0.3) is 0 Å². The normalized spacial score (nSPS) is 12.0. The molecule has 0 radical (unpaired) electrons. The molecule has 170 valence electrons. The molecule has 9 heteroatoms. The van der Waals surface area contributed by atoms with Crippen LogP contribution in [0, 0.1) is 0 Å². The number of esters is 2.